The van der Waals surface area contributed by atoms with E-state index < -0.39 is 87.8 Å². The standard InChI is InChI=1S/C58H113O10Si10/c1-44(2)37-69-59-71(63-72(13,14)28-25-56-34-50-19-22-53(56)31-50)64-77(41-48(9)10)62-70(38-45(3)4)61-76(40-47(7)8,43-75(60-69,39-46(5)6)65-73(15,16)29-26-57-35-51-20-23-54(57)32-51)67-78(68-77,42-49(11)12)66-74(17,18)30-27-58-36-52-21-24-55(58)33-52/h19-24,44-58H,25-43H2,1-18H3. The fourth-order valence-electron chi connectivity index (χ4n) is 15.4. The van der Waals surface area contributed by atoms with Crippen LogP contribution in [0.4, 0.5) is 0 Å². The van der Waals surface area contributed by atoms with Crippen LogP contribution in [0.3, 0.4) is 0 Å². The highest BCUT2D eigenvalue weighted by Crippen LogP contribution is 2.51. The van der Waals surface area contributed by atoms with Gasteiger partial charge in [0.2, 0.25) is 0 Å². The smallest absolute Gasteiger partial charge is 0.436 e. The van der Waals surface area contributed by atoms with Crippen molar-refractivity contribution in [3.63, 3.8) is 0 Å². The van der Waals surface area contributed by atoms with E-state index in [0.29, 0.717) is 53.3 Å². The van der Waals surface area contributed by atoms with Crippen LogP contribution in [0.2, 0.25) is 99.3 Å². The third-order valence-electron chi connectivity index (χ3n) is 18.3. The summed E-state index contributed by atoms with van der Waals surface area (Å²) in [6.07, 6.45) is 26.5. The molecule has 0 amide bonds. The summed E-state index contributed by atoms with van der Waals surface area (Å²) in [7, 11) is -28.7. The summed E-state index contributed by atoms with van der Waals surface area (Å²) in [6.45, 7) is 42.8. The minimum atomic E-state index is -3.85. The second-order valence-electron chi connectivity index (χ2n) is 31.0. The monoisotopic (exact) mass is 1250 g/mol. The van der Waals surface area contributed by atoms with Crippen molar-refractivity contribution in [1.82, 2.24) is 0 Å². The van der Waals surface area contributed by atoms with Crippen LogP contribution in [-0.4, -0.2) is 87.8 Å². The van der Waals surface area contributed by atoms with Gasteiger partial charge in [-0.1, -0.05) is 139 Å². The molecule has 0 aromatic rings. The number of fused-ring (bicyclic) bond motifs is 16. The van der Waals surface area contributed by atoms with Crippen LogP contribution in [0.5, 0.6) is 0 Å². The van der Waals surface area contributed by atoms with Crippen molar-refractivity contribution in [2.24, 2.45) is 88.8 Å². The lowest BCUT2D eigenvalue weighted by atomic mass is 9.91. The van der Waals surface area contributed by atoms with Gasteiger partial charge < -0.3 is 41.2 Å². The molecule has 0 spiro atoms. The van der Waals surface area contributed by atoms with Crippen molar-refractivity contribution in [1.29, 1.82) is 0 Å². The fraction of sp³-hybridized carbons (Fsp3) is 0.897. The number of rotatable bonds is 27. The summed E-state index contributed by atoms with van der Waals surface area (Å²) in [5, 5.41) is 0. The molecule has 13 unspecified atom stereocenters. The van der Waals surface area contributed by atoms with E-state index in [4.69, 9.17) is 41.2 Å². The summed E-state index contributed by atoms with van der Waals surface area (Å²) in [5.41, 5.74) is 0.661. The SMILES string of the molecule is CC(C)C[Si]1O[Si](O[Si](C)(C)CCC2CC3C=CC2C3)O[Si]2(CC(C)C)O[Si](CC(C)C)O[Si](CC(C)C)(C[Si](CC(C)C)(O[Si](C)(C)CCC3CC4C=CC3C4)O1)O[Si](CC(C)C)(O[Si](C)(C)CCC1CC3C=CC1C3)O2. The highest BCUT2D eigenvalue weighted by atomic mass is 28.6. The van der Waals surface area contributed by atoms with Crippen LogP contribution in [0, 0.1) is 88.8 Å². The Morgan fingerprint density at radius 2 is 0.923 bits per heavy atom. The van der Waals surface area contributed by atoms with E-state index in [-0.39, 0.29) is 17.8 Å². The van der Waals surface area contributed by atoms with Crippen molar-refractivity contribution in [2.45, 2.75) is 240 Å². The first kappa shape index (κ1) is 65.0. The molecule has 20 heteroatoms. The van der Waals surface area contributed by atoms with Gasteiger partial charge in [-0.05, 0) is 209 Å². The van der Waals surface area contributed by atoms with Gasteiger partial charge in [0, 0.05) is 17.8 Å². The molecule has 6 fully saturated rings. The Morgan fingerprint density at radius 3 is 1.36 bits per heavy atom. The van der Waals surface area contributed by atoms with Crippen LogP contribution in [0.1, 0.15) is 141 Å². The van der Waals surface area contributed by atoms with Gasteiger partial charge in [0.05, 0.1) is 0 Å². The molecule has 13 atom stereocenters. The zero-order valence-corrected chi connectivity index (χ0v) is 62.6. The molecule has 0 aromatic heterocycles. The van der Waals surface area contributed by atoms with Gasteiger partial charge in [-0.15, -0.1) is 0 Å². The Morgan fingerprint density at radius 1 is 0.462 bits per heavy atom. The van der Waals surface area contributed by atoms with Crippen LogP contribution in [-0.2, 0) is 41.2 Å². The van der Waals surface area contributed by atoms with Crippen LogP contribution in [0.25, 0.3) is 0 Å². The second-order valence-corrected chi connectivity index (χ2v) is 63.4. The lowest BCUT2D eigenvalue weighted by molar-refractivity contribution is 0.112. The number of hydrogen-bond donors (Lipinski definition) is 0. The molecule has 9 aliphatic rings. The molecule has 0 aromatic carbocycles. The lowest BCUT2D eigenvalue weighted by Crippen LogP contribution is -2.74. The summed E-state index contributed by atoms with van der Waals surface area (Å²) < 4.78 is 81.8. The maximum Gasteiger partial charge on any atom is 0.548 e. The van der Waals surface area contributed by atoms with E-state index in [1.165, 1.54) is 57.8 Å². The molecule has 3 heterocycles. The van der Waals surface area contributed by atoms with Crippen LogP contribution < -0.4 is 0 Å². The van der Waals surface area contributed by atoms with E-state index in [2.05, 4.69) is 159 Å². The highest BCUT2D eigenvalue weighted by molar-refractivity contribution is 6.99. The van der Waals surface area contributed by atoms with E-state index in [0.717, 1.165) is 77.8 Å². The third kappa shape index (κ3) is 18.0. The van der Waals surface area contributed by atoms with E-state index in [9.17, 15) is 0 Å². The van der Waals surface area contributed by atoms with Crippen molar-refractivity contribution in [3.8, 4) is 0 Å². The first-order valence-electron chi connectivity index (χ1n) is 32.0. The van der Waals surface area contributed by atoms with Gasteiger partial charge in [0.15, 0.2) is 25.0 Å². The summed E-state index contributed by atoms with van der Waals surface area (Å²) in [5.74, 6) is 8.24. The molecular formula is C58H113O10Si10. The Kier molecular flexibility index (Phi) is 22.1. The Balaban J connectivity index is 1.29. The topological polar surface area (TPSA) is 92.3 Å². The molecular weight excluding hydrogens is 1140 g/mol. The molecule has 8 bridgehead atoms. The van der Waals surface area contributed by atoms with Crippen LogP contribution in [0.15, 0.2) is 36.5 Å². The Labute approximate surface area is 491 Å². The average molecular weight is 1250 g/mol. The maximum atomic E-state index is 8.63. The molecule has 0 N–H and O–H groups in total. The fourth-order valence-corrected chi connectivity index (χ4v) is 65.3. The van der Waals surface area contributed by atoms with E-state index in [1.807, 2.05) is 0 Å². The van der Waals surface area contributed by atoms with Crippen molar-refractivity contribution < 1.29 is 41.2 Å². The predicted molar refractivity (Wildman–Crippen MR) is 341 cm³/mol. The molecule has 78 heavy (non-hydrogen) atoms. The predicted octanol–water partition coefficient (Wildman–Crippen LogP) is 16.8. The molecule has 9 rings (SSSR count). The number of allylic oxidation sites excluding steroid dienone is 6. The first-order chi connectivity index (χ1) is 36.4. The normalized spacial score (nSPS) is 36.8. The largest absolute Gasteiger partial charge is 0.548 e. The summed E-state index contributed by atoms with van der Waals surface area (Å²) in [6, 6.07) is 7.75. The molecule has 10 nitrogen and oxygen atoms in total. The Bertz CT molecular complexity index is 2040. The Hall–Kier alpha value is 0.989. The van der Waals surface area contributed by atoms with Crippen molar-refractivity contribution in [3.05, 3.63) is 36.5 Å². The zero-order chi connectivity index (χ0) is 56.6. The van der Waals surface area contributed by atoms with Gasteiger partial charge in [-0.3, -0.25) is 0 Å². The summed E-state index contributed by atoms with van der Waals surface area (Å²) in [4.78, 5) is 0. The van der Waals surface area contributed by atoms with Gasteiger partial charge in [-0.2, -0.15) is 0 Å². The molecule has 6 aliphatic carbocycles. The molecule has 3 radical (unpaired) electrons. The summed E-state index contributed by atoms with van der Waals surface area (Å²) >= 11 is 0. The lowest BCUT2D eigenvalue weighted by Gasteiger charge is -2.53. The van der Waals surface area contributed by atoms with Crippen molar-refractivity contribution in [2.75, 3.05) is 0 Å². The van der Waals surface area contributed by atoms with Gasteiger partial charge >= 0.3 is 62.8 Å². The molecule has 445 valence electrons. The molecule has 3 saturated heterocycles. The average Bonchev–Trinajstić information content (AvgIpc) is 4.25. The van der Waals surface area contributed by atoms with E-state index in [1.54, 1.807) is 0 Å². The third-order valence-corrected chi connectivity index (χ3v) is 60.5. The maximum absolute atomic E-state index is 8.63. The van der Waals surface area contributed by atoms with Gasteiger partial charge in [-0.25, -0.2) is 0 Å². The van der Waals surface area contributed by atoms with Gasteiger partial charge in [0.1, 0.15) is 0 Å². The van der Waals surface area contributed by atoms with Crippen LogP contribution >= 0.6 is 0 Å². The molecule has 3 saturated carbocycles. The minimum Gasteiger partial charge on any atom is -0.436 e. The minimum absolute atomic E-state index is 0.198. The first-order valence-corrected chi connectivity index (χ1v) is 53.9. The number of hydrogen-bond acceptors (Lipinski definition) is 10. The molecule has 3 aliphatic heterocycles. The highest BCUT2D eigenvalue weighted by Gasteiger charge is 2.68. The second kappa shape index (κ2) is 26.5. The van der Waals surface area contributed by atoms with Crippen molar-refractivity contribution >= 4 is 87.8 Å². The zero-order valence-electron chi connectivity index (χ0n) is 52.6. The quantitative estimate of drug-likeness (QED) is 0.0585. The van der Waals surface area contributed by atoms with Gasteiger partial charge in [0.25, 0.3) is 0 Å². The van der Waals surface area contributed by atoms with E-state index >= 15 is 0 Å².